The second-order valence-corrected chi connectivity index (χ2v) is 7.06. The van der Waals surface area contributed by atoms with Crippen LogP contribution in [0.2, 0.25) is 0 Å². The van der Waals surface area contributed by atoms with Crippen molar-refractivity contribution in [1.82, 2.24) is 0 Å². The van der Waals surface area contributed by atoms with Crippen LogP contribution in [0.25, 0.3) is 0 Å². The molecular weight excluding hydrogens is 274 g/mol. The van der Waals surface area contributed by atoms with Crippen molar-refractivity contribution in [2.24, 2.45) is 17.6 Å². The average Bonchev–Trinajstić information content (AvgIpc) is 2.43. The van der Waals surface area contributed by atoms with Crippen molar-refractivity contribution in [3.8, 4) is 11.5 Å². The summed E-state index contributed by atoms with van der Waals surface area (Å²) in [5, 5.41) is 0. The highest BCUT2D eigenvalue weighted by atomic mass is 16.5. The zero-order valence-electron chi connectivity index (χ0n) is 14.9. The molecule has 0 spiro atoms. The van der Waals surface area contributed by atoms with Crippen molar-refractivity contribution >= 4 is 0 Å². The minimum Gasteiger partial charge on any atom is -0.489 e. The molecule has 0 saturated heterocycles. The Balaban J connectivity index is 2.74. The van der Waals surface area contributed by atoms with Crippen LogP contribution in [0.4, 0.5) is 0 Å². The number of aryl methyl sites for hydroxylation is 1. The van der Waals surface area contributed by atoms with Gasteiger partial charge >= 0.3 is 0 Å². The van der Waals surface area contributed by atoms with Crippen LogP contribution < -0.4 is 15.2 Å². The number of hydrogen-bond donors (Lipinski definition) is 1. The van der Waals surface area contributed by atoms with Gasteiger partial charge in [0.2, 0.25) is 0 Å². The first-order chi connectivity index (χ1) is 10.4. The average molecular weight is 307 g/mol. The maximum Gasteiger partial charge on any atom is 0.161 e. The first-order valence-corrected chi connectivity index (χ1v) is 8.52. The number of benzene rings is 1. The van der Waals surface area contributed by atoms with E-state index in [0.717, 1.165) is 30.8 Å². The summed E-state index contributed by atoms with van der Waals surface area (Å²) in [5.41, 5.74) is 7.10. The van der Waals surface area contributed by atoms with E-state index in [2.05, 4.69) is 46.8 Å². The molecule has 126 valence electrons. The third-order valence-electron chi connectivity index (χ3n) is 3.28. The second-order valence-electron chi connectivity index (χ2n) is 7.06. The highest BCUT2D eigenvalue weighted by Crippen LogP contribution is 2.30. The number of rotatable bonds is 10. The molecule has 0 radical (unpaired) electrons. The van der Waals surface area contributed by atoms with Crippen LogP contribution in [0.1, 0.15) is 53.0 Å². The molecular formula is C19H33NO2. The van der Waals surface area contributed by atoms with Gasteiger partial charge in [0, 0.05) is 6.04 Å². The summed E-state index contributed by atoms with van der Waals surface area (Å²) in [6.07, 6.45) is 3.19. The minimum atomic E-state index is 0.269. The summed E-state index contributed by atoms with van der Waals surface area (Å²) in [6.45, 7) is 12.1. The van der Waals surface area contributed by atoms with Crippen LogP contribution in [-0.2, 0) is 6.42 Å². The standard InChI is InChI=1S/C19H33NO2/c1-14(2)12-21-18-10-9-17(8-6-7-16(5)20)11-19(18)22-13-15(3)4/h9-11,14-16H,6-8,12-13,20H2,1-5H3. The van der Waals surface area contributed by atoms with Crippen LogP contribution in [0, 0.1) is 11.8 Å². The van der Waals surface area contributed by atoms with Gasteiger partial charge in [0.05, 0.1) is 13.2 Å². The highest BCUT2D eigenvalue weighted by molar-refractivity contribution is 5.43. The van der Waals surface area contributed by atoms with Crippen LogP contribution in [-0.4, -0.2) is 19.3 Å². The fourth-order valence-electron chi connectivity index (χ4n) is 2.08. The van der Waals surface area contributed by atoms with E-state index in [1.54, 1.807) is 0 Å². The van der Waals surface area contributed by atoms with Crippen LogP contribution in [0.15, 0.2) is 18.2 Å². The SMILES string of the molecule is CC(C)COc1ccc(CCCC(C)N)cc1OCC(C)C. The van der Waals surface area contributed by atoms with Crippen LogP contribution in [0.5, 0.6) is 11.5 Å². The van der Waals surface area contributed by atoms with E-state index in [4.69, 9.17) is 15.2 Å². The minimum absolute atomic E-state index is 0.269. The molecule has 3 heteroatoms. The maximum absolute atomic E-state index is 5.95. The molecule has 0 bridgehead atoms. The van der Waals surface area contributed by atoms with Gasteiger partial charge in [-0.15, -0.1) is 0 Å². The van der Waals surface area contributed by atoms with E-state index < -0.39 is 0 Å². The molecule has 1 rings (SSSR count). The molecule has 0 aliphatic heterocycles. The first-order valence-electron chi connectivity index (χ1n) is 8.52. The fraction of sp³-hybridized carbons (Fsp3) is 0.684. The Bertz CT molecular complexity index is 427. The summed E-state index contributed by atoms with van der Waals surface area (Å²) < 4.78 is 11.8. The summed E-state index contributed by atoms with van der Waals surface area (Å²) in [7, 11) is 0. The molecule has 3 nitrogen and oxygen atoms in total. The molecule has 22 heavy (non-hydrogen) atoms. The molecule has 0 aliphatic carbocycles. The summed E-state index contributed by atoms with van der Waals surface area (Å²) in [6, 6.07) is 6.57. The lowest BCUT2D eigenvalue weighted by Gasteiger charge is -2.16. The van der Waals surface area contributed by atoms with E-state index in [1.807, 2.05) is 6.07 Å². The second kappa shape index (κ2) is 9.73. The number of nitrogens with two attached hydrogens (primary N) is 1. The van der Waals surface area contributed by atoms with Crippen molar-refractivity contribution in [2.45, 2.75) is 59.9 Å². The molecule has 0 saturated carbocycles. The Labute approximate surface area is 136 Å². The van der Waals surface area contributed by atoms with Crippen molar-refractivity contribution in [1.29, 1.82) is 0 Å². The van der Waals surface area contributed by atoms with Crippen molar-refractivity contribution in [2.75, 3.05) is 13.2 Å². The molecule has 0 aliphatic rings. The quantitative estimate of drug-likeness (QED) is 0.695. The molecule has 0 heterocycles. The fourth-order valence-corrected chi connectivity index (χ4v) is 2.08. The molecule has 0 fully saturated rings. The highest BCUT2D eigenvalue weighted by Gasteiger charge is 2.09. The van der Waals surface area contributed by atoms with Gasteiger partial charge in [-0.3, -0.25) is 0 Å². The Morgan fingerprint density at radius 2 is 1.50 bits per heavy atom. The van der Waals surface area contributed by atoms with Gasteiger partial charge in [-0.25, -0.2) is 0 Å². The van der Waals surface area contributed by atoms with Gasteiger partial charge in [-0.05, 0) is 55.7 Å². The lowest BCUT2D eigenvalue weighted by atomic mass is 10.1. The molecule has 0 aromatic heterocycles. The van der Waals surface area contributed by atoms with Crippen LogP contribution in [0.3, 0.4) is 0 Å². The topological polar surface area (TPSA) is 44.5 Å². The molecule has 1 unspecified atom stereocenters. The molecule has 1 aromatic carbocycles. The maximum atomic E-state index is 5.95. The van der Waals surface area contributed by atoms with E-state index in [0.29, 0.717) is 25.0 Å². The van der Waals surface area contributed by atoms with E-state index >= 15 is 0 Å². The summed E-state index contributed by atoms with van der Waals surface area (Å²) in [5.74, 6) is 2.72. The summed E-state index contributed by atoms with van der Waals surface area (Å²) in [4.78, 5) is 0. The van der Waals surface area contributed by atoms with Gasteiger partial charge in [0.25, 0.3) is 0 Å². The van der Waals surface area contributed by atoms with Gasteiger partial charge in [-0.1, -0.05) is 33.8 Å². The zero-order chi connectivity index (χ0) is 16.5. The smallest absolute Gasteiger partial charge is 0.161 e. The predicted octanol–water partition coefficient (Wildman–Crippen LogP) is 4.43. The Morgan fingerprint density at radius 3 is 2.05 bits per heavy atom. The molecule has 1 atom stereocenters. The first kappa shape index (κ1) is 18.8. The molecule has 2 N–H and O–H groups in total. The Hall–Kier alpha value is -1.22. The van der Waals surface area contributed by atoms with Gasteiger partial charge in [-0.2, -0.15) is 0 Å². The van der Waals surface area contributed by atoms with E-state index in [-0.39, 0.29) is 6.04 Å². The lowest BCUT2D eigenvalue weighted by Crippen LogP contribution is -2.14. The van der Waals surface area contributed by atoms with Gasteiger partial charge in [0.15, 0.2) is 11.5 Å². The third kappa shape index (κ3) is 7.69. The zero-order valence-corrected chi connectivity index (χ0v) is 14.9. The van der Waals surface area contributed by atoms with Gasteiger partial charge in [0.1, 0.15) is 0 Å². The lowest BCUT2D eigenvalue weighted by molar-refractivity contribution is 0.229. The Kier molecular flexibility index (Phi) is 8.32. The Morgan fingerprint density at radius 1 is 0.909 bits per heavy atom. The van der Waals surface area contributed by atoms with E-state index in [9.17, 15) is 0 Å². The van der Waals surface area contributed by atoms with Crippen LogP contribution >= 0.6 is 0 Å². The molecule has 0 amide bonds. The largest absolute Gasteiger partial charge is 0.489 e. The predicted molar refractivity (Wildman–Crippen MR) is 93.7 cm³/mol. The van der Waals surface area contributed by atoms with Crippen molar-refractivity contribution < 1.29 is 9.47 Å². The molecule has 1 aromatic rings. The van der Waals surface area contributed by atoms with Gasteiger partial charge < -0.3 is 15.2 Å². The summed E-state index contributed by atoms with van der Waals surface area (Å²) >= 11 is 0. The van der Waals surface area contributed by atoms with Crippen molar-refractivity contribution in [3.63, 3.8) is 0 Å². The normalized spacial score (nSPS) is 12.7. The number of ether oxygens (including phenoxy) is 2. The third-order valence-corrected chi connectivity index (χ3v) is 3.28. The van der Waals surface area contributed by atoms with Crippen molar-refractivity contribution in [3.05, 3.63) is 23.8 Å². The monoisotopic (exact) mass is 307 g/mol. The van der Waals surface area contributed by atoms with E-state index in [1.165, 1.54) is 5.56 Å². The number of hydrogen-bond acceptors (Lipinski definition) is 3.